The van der Waals surface area contributed by atoms with Gasteiger partial charge in [0.2, 0.25) is 6.79 Å². The summed E-state index contributed by atoms with van der Waals surface area (Å²) in [5.41, 5.74) is 0.978. The number of rotatable bonds is 7. The van der Waals surface area contributed by atoms with E-state index in [9.17, 15) is 5.11 Å². The second-order valence-corrected chi connectivity index (χ2v) is 6.60. The van der Waals surface area contributed by atoms with Gasteiger partial charge in [0.25, 0.3) is 0 Å². The van der Waals surface area contributed by atoms with Crippen LogP contribution in [-0.2, 0) is 0 Å². The van der Waals surface area contributed by atoms with Gasteiger partial charge in [-0.1, -0.05) is 30.0 Å². The lowest BCUT2D eigenvalue weighted by Gasteiger charge is -2.12. The van der Waals surface area contributed by atoms with E-state index in [0.29, 0.717) is 23.0 Å². The predicted molar refractivity (Wildman–Crippen MR) is 96.1 cm³/mol. The Morgan fingerprint density at radius 1 is 1.15 bits per heavy atom. The summed E-state index contributed by atoms with van der Waals surface area (Å²) in [6.45, 7) is 0.395. The molecule has 0 fully saturated rings. The van der Waals surface area contributed by atoms with E-state index in [0.717, 1.165) is 10.8 Å². The Labute approximate surface area is 154 Å². The maximum absolute atomic E-state index is 10.2. The highest BCUT2D eigenvalue weighted by Gasteiger charge is 2.15. The third-order valence-corrected chi connectivity index (χ3v) is 4.83. The highest BCUT2D eigenvalue weighted by Crippen LogP contribution is 2.35. The topological polar surface area (TPSA) is 78.6 Å². The molecule has 1 N–H and O–H groups in total. The molecule has 1 aliphatic rings. The van der Waals surface area contributed by atoms with Crippen LogP contribution in [0.5, 0.6) is 17.2 Å². The van der Waals surface area contributed by atoms with E-state index in [4.69, 9.17) is 14.2 Å². The lowest BCUT2D eigenvalue weighted by molar-refractivity contribution is 0.126. The first-order valence-corrected chi connectivity index (χ1v) is 9.07. The molecule has 0 radical (unpaired) electrons. The fourth-order valence-corrected chi connectivity index (χ4v) is 3.30. The molecular weight excluding hydrogens is 354 g/mol. The number of nitrogens with zero attached hydrogens (tertiary/aromatic N) is 3. The minimum atomic E-state index is -0.647. The van der Waals surface area contributed by atoms with Crippen LogP contribution in [0.25, 0.3) is 5.69 Å². The maximum atomic E-state index is 10.2. The van der Waals surface area contributed by atoms with E-state index in [1.165, 1.54) is 11.8 Å². The molecule has 2 heterocycles. The van der Waals surface area contributed by atoms with Gasteiger partial charge in [0, 0.05) is 17.5 Å². The van der Waals surface area contributed by atoms with Crippen LogP contribution in [0.1, 0.15) is 0 Å². The Kier molecular flexibility index (Phi) is 4.94. The van der Waals surface area contributed by atoms with Crippen LogP contribution in [-0.4, -0.2) is 45.1 Å². The van der Waals surface area contributed by atoms with Crippen molar-refractivity contribution in [2.45, 2.75) is 11.3 Å². The van der Waals surface area contributed by atoms with E-state index < -0.39 is 6.10 Å². The minimum absolute atomic E-state index is 0.173. The lowest BCUT2D eigenvalue weighted by atomic mass is 10.3. The molecular formula is C18H17N3O4S. The van der Waals surface area contributed by atoms with Gasteiger partial charge in [-0.15, -0.1) is 10.2 Å². The van der Waals surface area contributed by atoms with Crippen molar-refractivity contribution < 1.29 is 19.3 Å². The smallest absolute Gasteiger partial charge is 0.231 e. The van der Waals surface area contributed by atoms with Crippen molar-refractivity contribution in [2.24, 2.45) is 0 Å². The summed E-state index contributed by atoms with van der Waals surface area (Å²) < 4.78 is 18.1. The van der Waals surface area contributed by atoms with Crippen molar-refractivity contribution in [3.8, 4) is 22.9 Å². The second-order valence-electron chi connectivity index (χ2n) is 5.61. The Hall–Kier alpha value is -2.71. The Bertz CT molecular complexity index is 872. The average molecular weight is 371 g/mol. The summed E-state index contributed by atoms with van der Waals surface area (Å²) in [4.78, 5) is 0. The van der Waals surface area contributed by atoms with Gasteiger partial charge in [-0.05, 0) is 24.3 Å². The van der Waals surface area contributed by atoms with Gasteiger partial charge in [0.15, 0.2) is 16.7 Å². The first-order chi connectivity index (χ1) is 12.8. The van der Waals surface area contributed by atoms with E-state index in [-0.39, 0.29) is 13.4 Å². The summed E-state index contributed by atoms with van der Waals surface area (Å²) in [7, 11) is 0. The summed E-state index contributed by atoms with van der Waals surface area (Å²) in [5.74, 6) is 2.43. The molecule has 0 amide bonds. The number of aliphatic hydroxyl groups is 1. The van der Waals surface area contributed by atoms with Gasteiger partial charge in [-0.2, -0.15) is 0 Å². The van der Waals surface area contributed by atoms with E-state index in [2.05, 4.69) is 10.2 Å². The zero-order valence-corrected chi connectivity index (χ0v) is 14.6. The molecule has 0 aliphatic carbocycles. The van der Waals surface area contributed by atoms with Gasteiger partial charge in [-0.3, -0.25) is 4.57 Å². The lowest BCUT2D eigenvalue weighted by Crippen LogP contribution is -2.20. The Balaban J connectivity index is 1.31. The number of para-hydroxylation sites is 1. The third kappa shape index (κ3) is 3.76. The number of aromatic nitrogens is 3. The highest BCUT2D eigenvalue weighted by molar-refractivity contribution is 7.99. The van der Waals surface area contributed by atoms with Crippen LogP contribution in [0.15, 0.2) is 60.0 Å². The van der Waals surface area contributed by atoms with Crippen LogP contribution in [0.3, 0.4) is 0 Å². The molecule has 1 unspecified atom stereocenters. The maximum Gasteiger partial charge on any atom is 0.231 e. The zero-order valence-electron chi connectivity index (χ0n) is 13.8. The molecule has 0 saturated carbocycles. The number of ether oxygens (including phenoxy) is 3. The van der Waals surface area contributed by atoms with Crippen molar-refractivity contribution in [1.82, 2.24) is 14.8 Å². The van der Waals surface area contributed by atoms with Crippen molar-refractivity contribution >= 4 is 11.8 Å². The molecule has 1 atom stereocenters. The van der Waals surface area contributed by atoms with Gasteiger partial charge >= 0.3 is 0 Å². The predicted octanol–water partition coefficient (Wildman–Crippen LogP) is 2.53. The van der Waals surface area contributed by atoms with Crippen LogP contribution >= 0.6 is 11.8 Å². The van der Waals surface area contributed by atoms with Crippen LogP contribution in [0.4, 0.5) is 0 Å². The van der Waals surface area contributed by atoms with Crippen molar-refractivity contribution in [2.75, 3.05) is 19.2 Å². The van der Waals surface area contributed by atoms with Crippen LogP contribution in [0, 0.1) is 0 Å². The monoisotopic (exact) mass is 371 g/mol. The molecule has 0 saturated heterocycles. The normalized spacial score (nSPS) is 13.6. The quantitative estimate of drug-likeness (QED) is 0.639. The Morgan fingerprint density at radius 3 is 2.88 bits per heavy atom. The zero-order chi connectivity index (χ0) is 17.8. The molecule has 134 valence electrons. The largest absolute Gasteiger partial charge is 0.491 e. The van der Waals surface area contributed by atoms with Gasteiger partial charge in [-0.25, -0.2) is 0 Å². The number of aliphatic hydroxyl groups excluding tert-OH is 1. The molecule has 1 aliphatic heterocycles. The van der Waals surface area contributed by atoms with E-state index in [1.54, 1.807) is 24.5 Å². The average Bonchev–Trinajstić information content (AvgIpc) is 3.34. The van der Waals surface area contributed by atoms with Crippen molar-refractivity contribution in [3.63, 3.8) is 0 Å². The number of hydrogen-bond acceptors (Lipinski definition) is 7. The molecule has 26 heavy (non-hydrogen) atoms. The number of thioether (sulfide) groups is 1. The second kappa shape index (κ2) is 7.67. The summed E-state index contributed by atoms with van der Waals surface area (Å²) in [5, 5.41) is 19.0. The molecule has 8 heteroatoms. The SMILES string of the molecule is OC(COc1ccc2c(c1)OCO2)CSc1nncn1-c1ccccc1. The first-order valence-electron chi connectivity index (χ1n) is 8.08. The van der Waals surface area contributed by atoms with E-state index >= 15 is 0 Å². The first kappa shape index (κ1) is 16.7. The highest BCUT2D eigenvalue weighted by atomic mass is 32.2. The minimum Gasteiger partial charge on any atom is -0.491 e. The fourth-order valence-electron chi connectivity index (χ4n) is 2.47. The summed E-state index contributed by atoms with van der Waals surface area (Å²) in [6, 6.07) is 15.2. The molecule has 0 spiro atoms. The summed E-state index contributed by atoms with van der Waals surface area (Å²) in [6.07, 6.45) is 1.01. The molecule has 3 aromatic rings. The van der Waals surface area contributed by atoms with Crippen molar-refractivity contribution in [3.05, 3.63) is 54.9 Å². The summed E-state index contributed by atoms with van der Waals surface area (Å²) >= 11 is 1.43. The molecule has 0 bridgehead atoms. The number of hydrogen-bond donors (Lipinski definition) is 1. The standard InChI is InChI=1S/C18H17N3O4S/c22-14(9-23-15-6-7-16-17(8-15)25-12-24-16)10-26-18-20-19-11-21(18)13-4-2-1-3-5-13/h1-8,11,14,22H,9-10,12H2. The molecule has 4 rings (SSSR count). The Morgan fingerprint density at radius 2 is 2.00 bits per heavy atom. The van der Waals surface area contributed by atoms with Gasteiger partial charge < -0.3 is 19.3 Å². The van der Waals surface area contributed by atoms with Crippen molar-refractivity contribution in [1.29, 1.82) is 0 Å². The number of fused-ring (bicyclic) bond motifs is 1. The third-order valence-electron chi connectivity index (χ3n) is 3.74. The van der Waals surface area contributed by atoms with Gasteiger partial charge in [0.1, 0.15) is 18.7 Å². The number of benzene rings is 2. The van der Waals surface area contributed by atoms with E-state index in [1.807, 2.05) is 34.9 Å². The molecule has 7 nitrogen and oxygen atoms in total. The van der Waals surface area contributed by atoms with Gasteiger partial charge in [0.05, 0.1) is 6.10 Å². The van der Waals surface area contributed by atoms with Crippen LogP contribution in [0.2, 0.25) is 0 Å². The molecule has 1 aromatic heterocycles. The molecule has 2 aromatic carbocycles. The fraction of sp³-hybridized carbons (Fsp3) is 0.222. The van der Waals surface area contributed by atoms with Crippen LogP contribution < -0.4 is 14.2 Å².